The third kappa shape index (κ3) is 10.7. The van der Waals surface area contributed by atoms with E-state index in [0.29, 0.717) is 19.4 Å². The minimum absolute atomic E-state index is 0.0221. The number of nitrogens with zero attached hydrogens (tertiary/aromatic N) is 1. The molecule has 3 aromatic carbocycles. The lowest BCUT2D eigenvalue weighted by molar-refractivity contribution is -0.139. The predicted molar refractivity (Wildman–Crippen MR) is 228 cm³/mol. The molecule has 1 saturated heterocycles. The largest absolute Gasteiger partial charge is 0.368 e. The quantitative estimate of drug-likeness (QED) is 0.0514. The fourth-order valence-corrected chi connectivity index (χ4v) is 7.70. The minimum Gasteiger partial charge on any atom is -0.368 e. The van der Waals surface area contributed by atoms with Crippen molar-refractivity contribution in [1.29, 1.82) is 0 Å². The molecule has 0 aliphatic carbocycles. The van der Waals surface area contributed by atoms with E-state index >= 15 is 0 Å². The Morgan fingerprint density at radius 2 is 1.25 bits per heavy atom. The van der Waals surface area contributed by atoms with Crippen molar-refractivity contribution in [2.24, 2.45) is 17.2 Å². The van der Waals surface area contributed by atoms with E-state index in [0.717, 1.165) is 38.5 Å². The summed E-state index contributed by atoms with van der Waals surface area (Å²) in [6.07, 6.45) is 5.37. The van der Waals surface area contributed by atoms with E-state index in [1.165, 1.54) is 11.8 Å². The summed E-state index contributed by atoms with van der Waals surface area (Å²) in [5.74, 6) is -3.50. The van der Waals surface area contributed by atoms with Gasteiger partial charge in [-0.3, -0.25) is 28.8 Å². The molecule has 6 atom stereocenters. The number of aromatic nitrogens is 2. The summed E-state index contributed by atoms with van der Waals surface area (Å²) < 4.78 is 0. The van der Waals surface area contributed by atoms with E-state index in [1.807, 2.05) is 66.7 Å². The van der Waals surface area contributed by atoms with Gasteiger partial charge in [-0.25, -0.2) is 0 Å². The van der Waals surface area contributed by atoms with E-state index < -0.39 is 65.8 Å². The molecule has 0 radical (unpaired) electrons. The van der Waals surface area contributed by atoms with Gasteiger partial charge in [0.25, 0.3) is 0 Å². The average molecular weight is 819 g/mol. The maximum Gasteiger partial charge on any atom is 0.243 e. The number of carbonyl (C=O) groups is 6. The predicted octanol–water partition coefficient (Wildman–Crippen LogP) is 1.18. The van der Waals surface area contributed by atoms with Gasteiger partial charge >= 0.3 is 0 Å². The van der Waals surface area contributed by atoms with Crippen molar-refractivity contribution in [3.05, 3.63) is 108 Å². The molecule has 16 heteroatoms. The molecular formula is C44H54N10O6. The van der Waals surface area contributed by atoms with Crippen LogP contribution in [-0.2, 0) is 48.0 Å². The zero-order valence-corrected chi connectivity index (χ0v) is 33.6. The Kier molecular flexibility index (Phi) is 14.3. The Labute approximate surface area is 347 Å². The Morgan fingerprint density at radius 3 is 1.83 bits per heavy atom. The van der Waals surface area contributed by atoms with Gasteiger partial charge in [0, 0.05) is 72.5 Å². The highest BCUT2D eigenvalue weighted by molar-refractivity contribution is 5.97. The lowest BCUT2D eigenvalue weighted by atomic mass is 10.0. The number of carbonyl (C=O) groups excluding carboxylic acids is 6. The first-order valence-electron chi connectivity index (χ1n) is 20.3. The summed E-state index contributed by atoms with van der Waals surface area (Å²) in [6.45, 7) is 2.09. The molecule has 0 unspecified atom stereocenters. The van der Waals surface area contributed by atoms with Crippen LogP contribution in [0.15, 0.2) is 91.3 Å². The van der Waals surface area contributed by atoms with Crippen LogP contribution in [0.3, 0.4) is 0 Å². The molecule has 3 heterocycles. The number of hydrogen-bond acceptors (Lipinski definition) is 8. The van der Waals surface area contributed by atoms with E-state index in [1.54, 1.807) is 24.5 Å². The van der Waals surface area contributed by atoms with Crippen LogP contribution in [0.4, 0.5) is 0 Å². The van der Waals surface area contributed by atoms with Crippen LogP contribution < -0.4 is 38.5 Å². The first kappa shape index (κ1) is 43.1. The van der Waals surface area contributed by atoms with Gasteiger partial charge < -0.3 is 53.3 Å². The zero-order valence-electron chi connectivity index (χ0n) is 33.6. The SMILES string of the molecule is C[C@H](NC(=O)[C@@H](Cc1c[nH]c2ccccc12)N1C[C@@H](N)CC1=O)C(=O)N[C@@H](Cc1c[nH]c2ccccc12)C(=O)N[C@H](Cc1ccccc1)C(=O)N[C@@H](CCCCN)C(N)=O. The van der Waals surface area contributed by atoms with Gasteiger partial charge in [-0.05, 0) is 61.6 Å². The second kappa shape index (κ2) is 20.0. The lowest BCUT2D eigenvalue weighted by Crippen LogP contribution is -2.59. The third-order valence-corrected chi connectivity index (χ3v) is 11.0. The molecule has 1 fully saturated rings. The molecule has 0 saturated carbocycles. The number of hydrogen-bond donors (Lipinski definition) is 9. The number of primary amides is 1. The van der Waals surface area contributed by atoms with Gasteiger partial charge in [-0.2, -0.15) is 0 Å². The maximum atomic E-state index is 14.4. The molecule has 316 valence electrons. The molecule has 12 N–H and O–H groups in total. The maximum absolute atomic E-state index is 14.4. The van der Waals surface area contributed by atoms with Crippen LogP contribution >= 0.6 is 0 Å². The van der Waals surface area contributed by atoms with Gasteiger partial charge in [-0.15, -0.1) is 0 Å². The molecule has 60 heavy (non-hydrogen) atoms. The highest BCUT2D eigenvalue weighted by Crippen LogP contribution is 2.24. The first-order valence-corrected chi connectivity index (χ1v) is 20.3. The topological polar surface area (TPSA) is 263 Å². The van der Waals surface area contributed by atoms with Crippen molar-refractivity contribution in [1.82, 2.24) is 36.1 Å². The van der Waals surface area contributed by atoms with Crippen molar-refractivity contribution in [2.45, 2.75) is 88.1 Å². The van der Waals surface area contributed by atoms with Crippen LogP contribution in [0.1, 0.15) is 49.3 Å². The summed E-state index contributed by atoms with van der Waals surface area (Å²) in [5, 5.41) is 12.9. The smallest absolute Gasteiger partial charge is 0.243 e. The van der Waals surface area contributed by atoms with Crippen LogP contribution in [0.25, 0.3) is 21.8 Å². The number of unbranched alkanes of at least 4 members (excludes halogenated alkanes) is 1. The standard InChI is InChI=1S/C44H54N10O6/c1-26(50-44(60)38(54-25-30(46)22-39(54)55)21-29-24-49-34-16-8-6-14-32(29)34)41(57)52-37(20-28-23-48-33-15-7-5-13-31(28)33)43(59)53-36(19-27-11-3-2-4-12-27)42(58)51-35(40(47)56)17-9-10-18-45/h2-8,11-16,23-24,26,30,35-38,48-49H,9-10,17-22,25,45-46H2,1H3,(H2,47,56)(H,50,60)(H,51,58)(H,52,57)(H,53,59)/t26-,30-,35-,36+,37-,38+/m0/s1. The number of fused-ring (bicyclic) bond motifs is 2. The number of benzene rings is 3. The number of rotatable bonds is 20. The number of amides is 6. The average Bonchev–Trinajstić information content (AvgIpc) is 3.94. The number of H-pyrrole nitrogens is 2. The second-order valence-electron chi connectivity index (χ2n) is 15.4. The summed E-state index contributed by atoms with van der Waals surface area (Å²) in [7, 11) is 0. The number of aromatic amines is 2. The number of nitrogens with two attached hydrogens (primary N) is 3. The van der Waals surface area contributed by atoms with Gasteiger partial charge in [-0.1, -0.05) is 66.7 Å². The molecular weight excluding hydrogens is 765 g/mol. The van der Waals surface area contributed by atoms with Gasteiger partial charge in [0.15, 0.2) is 0 Å². The fraction of sp³-hybridized carbons (Fsp3) is 0.364. The van der Waals surface area contributed by atoms with E-state index in [9.17, 15) is 28.8 Å². The molecule has 2 aromatic heterocycles. The van der Waals surface area contributed by atoms with E-state index in [2.05, 4.69) is 31.2 Å². The van der Waals surface area contributed by atoms with Crippen LogP contribution in [0.2, 0.25) is 0 Å². The van der Waals surface area contributed by atoms with Crippen molar-refractivity contribution in [2.75, 3.05) is 13.1 Å². The van der Waals surface area contributed by atoms with Crippen molar-refractivity contribution >= 4 is 57.2 Å². The van der Waals surface area contributed by atoms with Crippen molar-refractivity contribution in [3.8, 4) is 0 Å². The third-order valence-electron chi connectivity index (χ3n) is 11.0. The normalized spacial score (nSPS) is 16.5. The Hall–Kier alpha value is -6.52. The Bertz CT molecular complexity index is 2310. The zero-order chi connectivity index (χ0) is 42.8. The van der Waals surface area contributed by atoms with Crippen LogP contribution in [0.5, 0.6) is 0 Å². The molecule has 1 aliphatic rings. The lowest BCUT2D eigenvalue weighted by Gasteiger charge is -2.29. The van der Waals surface area contributed by atoms with Crippen LogP contribution in [0, 0.1) is 0 Å². The number of para-hydroxylation sites is 2. The van der Waals surface area contributed by atoms with Crippen molar-refractivity contribution in [3.63, 3.8) is 0 Å². The Morgan fingerprint density at radius 1 is 0.700 bits per heavy atom. The molecule has 16 nitrogen and oxygen atoms in total. The molecule has 0 bridgehead atoms. The van der Waals surface area contributed by atoms with E-state index in [4.69, 9.17) is 17.2 Å². The molecule has 5 aromatic rings. The van der Waals surface area contributed by atoms with Crippen molar-refractivity contribution < 1.29 is 28.8 Å². The van der Waals surface area contributed by atoms with Gasteiger partial charge in [0.2, 0.25) is 35.4 Å². The summed E-state index contributed by atoms with van der Waals surface area (Å²) in [6, 6.07) is 18.3. The number of nitrogens with one attached hydrogen (secondary N) is 6. The van der Waals surface area contributed by atoms with E-state index in [-0.39, 0.29) is 44.6 Å². The summed E-state index contributed by atoms with van der Waals surface area (Å²) in [4.78, 5) is 89.7. The minimum atomic E-state index is -1.22. The highest BCUT2D eigenvalue weighted by atomic mass is 16.2. The second-order valence-corrected chi connectivity index (χ2v) is 15.4. The fourth-order valence-electron chi connectivity index (χ4n) is 7.70. The highest BCUT2D eigenvalue weighted by Gasteiger charge is 2.38. The van der Waals surface area contributed by atoms with Gasteiger partial charge in [0.05, 0.1) is 0 Å². The number of likely N-dealkylation sites (tertiary alicyclic amines) is 1. The first-order chi connectivity index (χ1) is 28.9. The molecule has 6 amide bonds. The Balaban J connectivity index is 1.23. The molecule has 6 rings (SSSR count). The molecule has 1 aliphatic heterocycles. The molecule has 0 spiro atoms. The monoisotopic (exact) mass is 818 g/mol. The summed E-state index contributed by atoms with van der Waals surface area (Å²) >= 11 is 0. The van der Waals surface area contributed by atoms with Crippen LogP contribution in [-0.4, -0.2) is 99.7 Å². The van der Waals surface area contributed by atoms with Gasteiger partial charge in [0.1, 0.15) is 30.2 Å². The summed E-state index contributed by atoms with van der Waals surface area (Å²) in [5.41, 5.74) is 21.4.